The Balaban J connectivity index is 1.70. The van der Waals surface area contributed by atoms with Gasteiger partial charge in [0.1, 0.15) is 5.75 Å². The third-order valence-corrected chi connectivity index (χ3v) is 4.57. The maximum absolute atomic E-state index is 12.3. The Bertz CT molecular complexity index is 790. The summed E-state index contributed by atoms with van der Waals surface area (Å²) in [6.07, 6.45) is 1.41. The smallest absolute Gasteiger partial charge is 0.315 e. The van der Waals surface area contributed by atoms with Crippen LogP contribution in [0.15, 0.2) is 42.5 Å². The summed E-state index contributed by atoms with van der Waals surface area (Å²) >= 11 is 0. The van der Waals surface area contributed by atoms with E-state index in [1.807, 2.05) is 42.5 Å². The Morgan fingerprint density at radius 3 is 2.43 bits per heavy atom. The first kappa shape index (κ1) is 19.9. The molecular formula is C22H28N2O4. The van der Waals surface area contributed by atoms with Crippen molar-refractivity contribution in [3.63, 3.8) is 0 Å². The van der Waals surface area contributed by atoms with Gasteiger partial charge in [0.05, 0.1) is 7.11 Å². The zero-order chi connectivity index (χ0) is 19.9. The van der Waals surface area contributed by atoms with Crippen LogP contribution >= 0.6 is 0 Å². The van der Waals surface area contributed by atoms with Crippen LogP contribution in [0.5, 0.6) is 17.2 Å². The predicted octanol–water partition coefficient (Wildman–Crippen LogP) is 3.53. The van der Waals surface area contributed by atoms with E-state index in [2.05, 4.69) is 24.5 Å². The molecule has 1 atom stereocenters. The van der Waals surface area contributed by atoms with Crippen molar-refractivity contribution in [2.75, 3.05) is 20.4 Å². The molecule has 150 valence electrons. The maximum atomic E-state index is 12.3. The van der Waals surface area contributed by atoms with Crippen molar-refractivity contribution in [1.82, 2.24) is 10.6 Å². The zero-order valence-electron chi connectivity index (χ0n) is 16.7. The Morgan fingerprint density at radius 1 is 1.04 bits per heavy atom. The molecule has 2 amide bonds. The van der Waals surface area contributed by atoms with E-state index in [-0.39, 0.29) is 18.9 Å². The minimum atomic E-state index is -0.145. The second kappa shape index (κ2) is 9.35. The largest absolute Gasteiger partial charge is 0.497 e. The molecule has 3 rings (SSSR count). The summed E-state index contributed by atoms with van der Waals surface area (Å²) in [5.74, 6) is 2.74. The van der Waals surface area contributed by atoms with E-state index < -0.39 is 0 Å². The number of fused-ring (bicyclic) bond motifs is 1. The summed E-state index contributed by atoms with van der Waals surface area (Å²) in [5, 5.41) is 6.04. The van der Waals surface area contributed by atoms with Crippen molar-refractivity contribution in [3.05, 3.63) is 53.6 Å². The average molecular weight is 384 g/mol. The van der Waals surface area contributed by atoms with Crippen LogP contribution in [0.1, 0.15) is 25.0 Å². The van der Waals surface area contributed by atoms with Gasteiger partial charge >= 0.3 is 6.03 Å². The summed E-state index contributed by atoms with van der Waals surface area (Å²) in [6, 6.07) is 13.6. The molecular weight excluding hydrogens is 356 g/mol. The van der Waals surface area contributed by atoms with Crippen LogP contribution in [0.2, 0.25) is 0 Å². The first-order valence-corrected chi connectivity index (χ1v) is 9.59. The standard InChI is InChI=1S/C22H28N2O4/c1-15(2)13-23-22(25)24-18(10-16-4-7-19(26-3)8-5-16)11-17-6-9-20-21(12-17)28-14-27-20/h4-9,12,15,18H,10-11,13-14H2,1-3H3,(H2,23,24,25)/t18-/m1/s1. The number of amides is 2. The molecule has 0 bridgehead atoms. The molecule has 2 N–H and O–H groups in total. The molecule has 0 aromatic heterocycles. The molecule has 2 aromatic carbocycles. The second-order valence-electron chi connectivity index (χ2n) is 7.39. The highest BCUT2D eigenvalue weighted by molar-refractivity contribution is 5.74. The molecule has 1 aliphatic rings. The van der Waals surface area contributed by atoms with Gasteiger partial charge in [-0.05, 0) is 54.2 Å². The zero-order valence-corrected chi connectivity index (χ0v) is 16.7. The fourth-order valence-corrected chi connectivity index (χ4v) is 3.11. The van der Waals surface area contributed by atoms with E-state index in [4.69, 9.17) is 14.2 Å². The highest BCUT2D eigenvalue weighted by Gasteiger charge is 2.18. The lowest BCUT2D eigenvalue weighted by Gasteiger charge is -2.20. The number of hydrogen-bond acceptors (Lipinski definition) is 4. The lowest BCUT2D eigenvalue weighted by atomic mass is 9.98. The molecule has 6 heteroatoms. The van der Waals surface area contributed by atoms with Gasteiger partial charge in [-0.15, -0.1) is 0 Å². The summed E-state index contributed by atoms with van der Waals surface area (Å²) in [6.45, 7) is 5.04. The van der Waals surface area contributed by atoms with Gasteiger partial charge < -0.3 is 24.8 Å². The average Bonchev–Trinajstić information content (AvgIpc) is 3.15. The van der Waals surface area contributed by atoms with Gasteiger partial charge in [0.2, 0.25) is 6.79 Å². The van der Waals surface area contributed by atoms with Gasteiger partial charge in [-0.2, -0.15) is 0 Å². The summed E-state index contributed by atoms with van der Waals surface area (Å²) in [5.41, 5.74) is 2.22. The number of carbonyl (C=O) groups excluding carboxylic acids is 1. The fourth-order valence-electron chi connectivity index (χ4n) is 3.11. The molecule has 6 nitrogen and oxygen atoms in total. The van der Waals surface area contributed by atoms with Crippen molar-refractivity contribution in [2.24, 2.45) is 5.92 Å². The first-order chi connectivity index (χ1) is 13.5. The molecule has 28 heavy (non-hydrogen) atoms. The van der Waals surface area contributed by atoms with E-state index in [1.54, 1.807) is 7.11 Å². The highest BCUT2D eigenvalue weighted by Crippen LogP contribution is 2.32. The molecule has 0 radical (unpaired) electrons. The molecule has 0 unspecified atom stereocenters. The van der Waals surface area contributed by atoms with E-state index in [0.29, 0.717) is 25.3 Å². The highest BCUT2D eigenvalue weighted by atomic mass is 16.7. The minimum absolute atomic E-state index is 0.0547. The topological polar surface area (TPSA) is 68.8 Å². The van der Waals surface area contributed by atoms with Crippen molar-refractivity contribution in [3.8, 4) is 17.2 Å². The minimum Gasteiger partial charge on any atom is -0.497 e. The molecule has 1 heterocycles. The van der Waals surface area contributed by atoms with Crippen LogP contribution in [0.3, 0.4) is 0 Å². The Hall–Kier alpha value is -2.89. The van der Waals surface area contributed by atoms with Gasteiger partial charge in [-0.1, -0.05) is 32.0 Å². The second-order valence-corrected chi connectivity index (χ2v) is 7.39. The van der Waals surface area contributed by atoms with Crippen LogP contribution < -0.4 is 24.8 Å². The number of nitrogens with one attached hydrogen (secondary N) is 2. The summed E-state index contributed by atoms with van der Waals surface area (Å²) in [4.78, 5) is 12.3. The van der Waals surface area contributed by atoms with Crippen LogP contribution in [0.25, 0.3) is 0 Å². The quantitative estimate of drug-likeness (QED) is 0.731. The van der Waals surface area contributed by atoms with Gasteiger partial charge in [0, 0.05) is 12.6 Å². The van der Waals surface area contributed by atoms with E-state index in [0.717, 1.165) is 28.4 Å². The van der Waals surface area contributed by atoms with Crippen molar-refractivity contribution >= 4 is 6.03 Å². The normalized spacial score (nSPS) is 13.3. The third kappa shape index (κ3) is 5.55. The van der Waals surface area contributed by atoms with E-state index >= 15 is 0 Å². The van der Waals surface area contributed by atoms with Crippen LogP contribution in [0.4, 0.5) is 4.79 Å². The summed E-state index contributed by atoms with van der Waals surface area (Å²) < 4.78 is 16.1. The summed E-state index contributed by atoms with van der Waals surface area (Å²) in [7, 11) is 1.65. The Labute approximate surface area is 166 Å². The van der Waals surface area contributed by atoms with E-state index in [1.165, 1.54) is 0 Å². The number of urea groups is 1. The lowest BCUT2D eigenvalue weighted by molar-refractivity contribution is 0.174. The van der Waals surface area contributed by atoms with Crippen molar-refractivity contribution in [1.29, 1.82) is 0 Å². The van der Waals surface area contributed by atoms with Gasteiger partial charge in [-0.25, -0.2) is 4.79 Å². The Morgan fingerprint density at radius 2 is 1.71 bits per heavy atom. The number of rotatable bonds is 8. The fraction of sp³-hybridized carbons (Fsp3) is 0.409. The molecule has 0 spiro atoms. The number of carbonyl (C=O) groups is 1. The van der Waals surface area contributed by atoms with Crippen LogP contribution in [0, 0.1) is 5.92 Å². The molecule has 0 aliphatic carbocycles. The predicted molar refractivity (Wildman–Crippen MR) is 108 cm³/mol. The van der Waals surface area contributed by atoms with Gasteiger partial charge in [0.25, 0.3) is 0 Å². The lowest BCUT2D eigenvalue weighted by Crippen LogP contribution is -2.45. The van der Waals surface area contributed by atoms with E-state index in [9.17, 15) is 4.79 Å². The molecule has 1 aliphatic heterocycles. The maximum Gasteiger partial charge on any atom is 0.315 e. The van der Waals surface area contributed by atoms with Crippen molar-refractivity contribution < 1.29 is 19.0 Å². The number of benzene rings is 2. The first-order valence-electron chi connectivity index (χ1n) is 9.59. The number of ether oxygens (including phenoxy) is 3. The third-order valence-electron chi connectivity index (χ3n) is 4.57. The number of methoxy groups -OCH3 is 1. The van der Waals surface area contributed by atoms with Gasteiger partial charge in [-0.3, -0.25) is 0 Å². The SMILES string of the molecule is COc1ccc(C[C@H](Cc2ccc3c(c2)OCO3)NC(=O)NCC(C)C)cc1. The Kier molecular flexibility index (Phi) is 6.63. The molecule has 0 saturated heterocycles. The molecule has 2 aromatic rings. The molecule has 0 fully saturated rings. The van der Waals surface area contributed by atoms with Crippen molar-refractivity contribution in [2.45, 2.75) is 32.7 Å². The van der Waals surface area contributed by atoms with Crippen LogP contribution in [-0.4, -0.2) is 32.5 Å². The molecule has 0 saturated carbocycles. The number of hydrogen-bond donors (Lipinski definition) is 2. The monoisotopic (exact) mass is 384 g/mol. The van der Waals surface area contributed by atoms with Crippen LogP contribution in [-0.2, 0) is 12.8 Å². The van der Waals surface area contributed by atoms with Gasteiger partial charge in [0.15, 0.2) is 11.5 Å².